The first kappa shape index (κ1) is 7.41. The summed E-state index contributed by atoms with van der Waals surface area (Å²) in [5.74, 6) is -3.58. The number of rotatable bonds is 0. The molecule has 0 aliphatic rings. The van der Waals surface area contributed by atoms with Crippen LogP contribution in [0.15, 0.2) is 6.07 Å². The third-order valence-electron chi connectivity index (χ3n) is 0.892. The van der Waals surface area contributed by atoms with Crippen molar-refractivity contribution in [2.75, 3.05) is 0 Å². The highest BCUT2D eigenvalue weighted by atomic mass is 35.5. The van der Waals surface area contributed by atoms with Gasteiger partial charge in [0.2, 0.25) is 0 Å². The number of halogens is 4. The molecule has 0 amide bonds. The topological polar surface area (TPSA) is 0 Å². The third kappa shape index (κ3) is 1.24. The van der Waals surface area contributed by atoms with E-state index in [4.69, 9.17) is 11.6 Å². The molecular weight excluding hydrogens is 165 g/mol. The number of benzene rings is 1. The maximum absolute atomic E-state index is 12.2. The highest BCUT2D eigenvalue weighted by Crippen LogP contribution is 2.16. The monoisotopic (exact) mass is 165 g/mol. The van der Waals surface area contributed by atoms with Crippen molar-refractivity contribution < 1.29 is 13.2 Å². The average Bonchev–Trinajstić information content (AvgIpc) is 1.84. The van der Waals surface area contributed by atoms with Crippen molar-refractivity contribution in [1.29, 1.82) is 0 Å². The van der Waals surface area contributed by atoms with Gasteiger partial charge in [-0.1, -0.05) is 11.6 Å². The van der Waals surface area contributed by atoms with E-state index in [9.17, 15) is 13.2 Å². The Hall–Kier alpha value is -0.700. The maximum Gasteiger partial charge on any atom is 0.168 e. The Morgan fingerprint density at radius 3 is 2.30 bits per heavy atom. The van der Waals surface area contributed by atoms with Gasteiger partial charge in [0.15, 0.2) is 11.6 Å². The van der Waals surface area contributed by atoms with Gasteiger partial charge in [0, 0.05) is 12.1 Å². The highest BCUT2D eigenvalue weighted by molar-refractivity contribution is 6.30. The lowest BCUT2D eigenvalue weighted by molar-refractivity contribution is 0.493. The van der Waals surface area contributed by atoms with E-state index >= 15 is 0 Å². The van der Waals surface area contributed by atoms with Crippen LogP contribution in [-0.4, -0.2) is 0 Å². The summed E-state index contributed by atoms with van der Waals surface area (Å²) in [6.07, 6.45) is 0. The Kier molecular flexibility index (Phi) is 1.85. The number of hydrogen-bond acceptors (Lipinski definition) is 0. The van der Waals surface area contributed by atoms with Crippen molar-refractivity contribution in [1.82, 2.24) is 0 Å². The fourth-order valence-corrected chi connectivity index (χ4v) is 0.591. The van der Waals surface area contributed by atoms with Crippen molar-refractivity contribution in [3.05, 3.63) is 34.6 Å². The summed E-state index contributed by atoms with van der Waals surface area (Å²) in [6, 6.07) is 2.02. The second kappa shape index (κ2) is 2.50. The minimum atomic E-state index is -1.29. The fourth-order valence-electron chi connectivity index (χ4n) is 0.454. The quantitative estimate of drug-likeness (QED) is 0.519. The first-order valence-corrected chi connectivity index (χ1v) is 2.71. The van der Waals surface area contributed by atoms with Gasteiger partial charge in [0.05, 0.1) is 5.02 Å². The van der Waals surface area contributed by atoms with Gasteiger partial charge in [-0.25, -0.2) is 13.2 Å². The normalized spacial score (nSPS) is 10.0. The summed E-state index contributed by atoms with van der Waals surface area (Å²) < 4.78 is 36.3. The van der Waals surface area contributed by atoms with E-state index in [1.807, 2.05) is 0 Å². The van der Waals surface area contributed by atoms with Crippen LogP contribution in [0.2, 0.25) is 5.02 Å². The molecule has 1 aromatic carbocycles. The second-order valence-corrected chi connectivity index (χ2v) is 1.97. The predicted octanol–water partition coefficient (Wildman–Crippen LogP) is 2.56. The molecule has 0 saturated heterocycles. The molecule has 0 fully saturated rings. The summed E-state index contributed by atoms with van der Waals surface area (Å²) in [6.45, 7) is 0. The number of hydrogen-bond donors (Lipinski definition) is 0. The van der Waals surface area contributed by atoms with Crippen LogP contribution in [0.3, 0.4) is 0 Å². The van der Waals surface area contributed by atoms with E-state index in [-0.39, 0.29) is 0 Å². The molecule has 0 atom stereocenters. The molecule has 0 aromatic heterocycles. The Labute approximate surface area is 60.2 Å². The zero-order valence-electron chi connectivity index (χ0n) is 4.59. The smallest absolute Gasteiger partial charge is 0.168 e. The molecular formula is C6HClF3. The first-order valence-electron chi connectivity index (χ1n) is 2.33. The van der Waals surface area contributed by atoms with Crippen LogP contribution in [0, 0.1) is 23.5 Å². The molecule has 0 bridgehead atoms. The summed E-state index contributed by atoms with van der Waals surface area (Å²) in [5.41, 5.74) is 0. The SMILES string of the molecule is Fc1[c]c(Cl)c(F)cc1F. The lowest BCUT2D eigenvalue weighted by Crippen LogP contribution is -1.86. The van der Waals surface area contributed by atoms with E-state index < -0.39 is 22.5 Å². The van der Waals surface area contributed by atoms with E-state index in [0.717, 1.165) is 0 Å². The van der Waals surface area contributed by atoms with Crippen molar-refractivity contribution in [2.45, 2.75) is 0 Å². The molecule has 10 heavy (non-hydrogen) atoms. The van der Waals surface area contributed by atoms with E-state index in [0.29, 0.717) is 6.07 Å². The summed E-state index contributed by atoms with van der Waals surface area (Å²) in [7, 11) is 0. The summed E-state index contributed by atoms with van der Waals surface area (Å²) >= 11 is 5.05. The van der Waals surface area contributed by atoms with Crippen molar-refractivity contribution in [3.63, 3.8) is 0 Å². The van der Waals surface area contributed by atoms with Gasteiger partial charge >= 0.3 is 0 Å². The predicted molar refractivity (Wildman–Crippen MR) is 30.2 cm³/mol. The van der Waals surface area contributed by atoms with E-state index in [2.05, 4.69) is 0 Å². The molecule has 0 N–H and O–H groups in total. The molecule has 0 aliphatic heterocycles. The fraction of sp³-hybridized carbons (Fsp3) is 0. The zero-order valence-corrected chi connectivity index (χ0v) is 5.35. The Morgan fingerprint density at radius 2 is 1.80 bits per heavy atom. The maximum atomic E-state index is 12.2. The molecule has 0 saturated carbocycles. The molecule has 4 heteroatoms. The van der Waals surface area contributed by atoms with Crippen LogP contribution in [0.5, 0.6) is 0 Å². The molecule has 0 heterocycles. The van der Waals surface area contributed by atoms with Gasteiger partial charge < -0.3 is 0 Å². The second-order valence-electron chi connectivity index (χ2n) is 1.59. The molecule has 1 rings (SSSR count). The van der Waals surface area contributed by atoms with Crippen molar-refractivity contribution >= 4 is 11.6 Å². The lowest BCUT2D eigenvalue weighted by Gasteiger charge is -1.93. The van der Waals surface area contributed by atoms with Crippen LogP contribution < -0.4 is 0 Å². The third-order valence-corrected chi connectivity index (χ3v) is 1.17. The first-order chi connectivity index (χ1) is 4.61. The van der Waals surface area contributed by atoms with Crippen LogP contribution in [0.4, 0.5) is 13.2 Å². The highest BCUT2D eigenvalue weighted by Gasteiger charge is 2.07. The Balaban J connectivity index is 3.28. The molecule has 1 radical (unpaired) electrons. The molecule has 53 valence electrons. The van der Waals surface area contributed by atoms with Crippen molar-refractivity contribution in [2.24, 2.45) is 0 Å². The average molecular weight is 166 g/mol. The Bertz CT molecular complexity index is 209. The van der Waals surface area contributed by atoms with Crippen LogP contribution in [-0.2, 0) is 0 Å². The van der Waals surface area contributed by atoms with Crippen LogP contribution >= 0.6 is 11.6 Å². The van der Waals surface area contributed by atoms with Crippen molar-refractivity contribution in [3.8, 4) is 0 Å². The standard InChI is InChI=1S/C6HClF3/c7-3-1-5(9)6(10)2-4(3)8/h2H. The van der Waals surface area contributed by atoms with Gasteiger partial charge in [-0.3, -0.25) is 0 Å². The Morgan fingerprint density at radius 1 is 1.20 bits per heavy atom. The molecule has 0 spiro atoms. The van der Waals surface area contributed by atoms with E-state index in [1.165, 1.54) is 0 Å². The summed E-state index contributed by atoms with van der Waals surface area (Å²) in [4.78, 5) is 0. The molecule has 0 nitrogen and oxygen atoms in total. The largest absolute Gasteiger partial charge is 0.205 e. The van der Waals surface area contributed by atoms with Crippen LogP contribution in [0.25, 0.3) is 0 Å². The minimum Gasteiger partial charge on any atom is -0.205 e. The van der Waals surface area contributed by atoms with E-state index in [1.54, 1.807) is 6.07 Å². The zero-order chi connectivity index (χ0) is 7.72. The molecule has 0 aliphatic carbocycles. The molecule has 1 aromatic rings. The summed E-state index contributed by atoms with van der Waals surface area (Å²) in [5, 5.41) is -0.543. The minimum absolute atomic E-state index is 0.369. The van der Waals surface area contributed by atoms with Gasteiger partial charge in [-0.05, 0) is 0 Å². The van der Waals surface area contributed by atoms with Gasteiger partial charge in [0.1, 0.15) is 5.82 Å². The van der Waals surface area contributed by atoms with Gasteiger partial charge in [0.25, 0.3) is 0 Å². The lowest BCUT2D eigenvalue weighted by atomic mass is 10.3. The molecule has 0 unspecified atom stereocenters. The van der Waals surface area contributed by atoms with Crippen LogP contribution in [0.1, 0.15) is 0 Å². The van der Waals surface area contributed by atoms with Gasteiger partial charge in [-0.15, -0.1) is 0 Å². The van der Waals surface area contributed by atoms with Gasteiger partial charge in [-0.2, -0.15) is 0 Å².